The Morgan fingerprint density at radius 1 is 0.938 bits per heavy atom. The Kier molecular flexibility index (Phi) is 7.40. The fourth-order valence-electron chi connectivity index (χ4n) is 2.78. The molecule has 166 valence electrons. The second-order valence-corrected chi connectivity index (χ2v) is 8.64. The zero-order valence-corrected chi connectivity index (χ0v) is 18.9. The third-order valence-electron chi connectivity index (χ3n) is 4.39. The Balaban J connectivity index is 1.66. The minimum atomic E-state index is -3.82. The van der Waals surface area contributed by atoms with E-state index < -0.39 is 10.0 Å². The Labute approximate surface area is 191 Å². The maximum atomic E-state index is 12.6. The van der Waals surface area contributed by atoms with E-state index >= 15 is 0 Å². The number of hydrogen-bond acceptors (Lipinski definition) is 5. The molecule has 0 atom stereocenters. The van der Waals surface area contributed by atoms with Crippen molar-refractivity contribution in [3.63, 3.8) is 0 Å². The number of methoxy groups -OCH3 is 2. The van der Waals surface area contributed by atoms with Crippen LogP contribution >= 0.6 is 11.6 Å². The van der Waals surface area contributed by atoms with E-state index in [1.807, 2.05) is 0 Å². The van der Waals surface area contributed by atoms with Crippen molar-refractivity contribution in [2.24, 2.45) is 0 Å². The molecule has 0 unspecified atom stereocenters. The number of amides is 1. The number of hydrogen-bond donors (Lipinski definition) is 2. The van der Waals surface area contributed by atoms with Crippen LogP contribution < -0.4 is 19.5 Å². The molecule has 2 N–H and O–H groups in total. The molecule has 0 aliphatic rings. The molecule has 3 aromatic rings. The van der Waals surface area contributed by atoms with Crippen molar-refractivity contribution in [3.05, 3.63) is 83.4 Å². The predicted molar refractivity (Wildman–Crippen MR) is 126 cm³/mol. The SMILES string of the molecule is COc1ccc(C=CC(=O)Nc2ccc(S(=O)(=O)Nc3ccccc3Cl)cc2)cc1OC. The first kappa shape index (κ1) is 23.2. The molecule has 3 aromatic carbocycles. The van der Waals surface area contributed by atoms with Gasteiger partial charge in [-0.1, -0.05) is 29.8 Å². The van der Waals surface area contributed by atoms with Crippen molar-refractivity contribution in [2.75, 3.05) is 24.3 Å². The zero-order valence-electron chi connectivity index (χ0n) is 17.3. The monoisotopic (exact) mass is 472 g/mol. The summed E-state index contributed by atoms with van der Waals surface area (Å²) >= 11 is 6.01. The van der Waals surface area contributed by atoms with Crippen molar-refractivity contribution in [1.82, 2.24) is 0 Å². The van der Waals surface area contributed by atoms with Crippen LogP contribution in [-0.4, -0.2) is 28.5 Å². The van der Waals surface area contributed by atoms with E-state index in [0.717, 1.165) is 5.56 Å². The van der Waals surface area contributed by atoms with Gasteiger partial charge in [-0.2, -0.15) is 0 Å². The quantitative estimate of drug-likeness (QED) is 0.459. The summed E-state index contributed by atoms with van der Waals surface area (Å²) in [5, 5.41) is 2.98. The minimum Gasteiger partial charge on any atom is -0.493 e. The van der Waals surface area contributed by atoms with Crippen molar-refractivity contribution < 1.29 is 22.7 Å². The minimum absolute atomic E-state index is 0.0382. The van der Waals surface area contributed by atoms with Gasteiger partial charge in [0.1, 0.15) is 0 Å². The molecule has 1 amide bonds. The predicted octanol–water partition coefficient (Wildman–Crippen LogP) is 4.81. The van der Waals surface area contributed by atoms with Crippen molar-refractivity contribution >= 4 is 45.0 Å². The first-order chi connectivity index (χ1) is 15.3. The van der Waals surface area contributed by atoms with E-state index in [1.54, 1.807) is 55.7 Å². The summed E-state index contributed by atoms with van der Waals surface area (Å²) in [5.41, 5.74) is 1.49. The van der Waals surface area contributed by atoms with Crippen molar-refractivity contribution in [1.29, 1.82) is 0 Å². The molecule has 0 bridgehead atoms. The van der Waals surface area contributed by atoms with Gasteiger partial charge in [0, 0.05) is 11.8 Å². The number of benzene rings is 3. The van der Waals surface area contributed by atoms with E-state index in [2.05, 4.69) is 10.0 Å². The Hall–Kier alpha value is -3.49. The van der Waals surface area contributed by atoms with Crippen LogP contribution in [0.4, 0.5) is 11.4 Å². The van der Waals surface area contributed by atoms with Crippen LogP contribution in [0, 0.1) is 0 Å². The Morgan fingerprint density at radius 2 is 1.62 bits per heavy atom. The van der Waals surface area contributed by atoms with Gasteiger partial charge in [0.25, 0.3) is 10.0 Å². The van der Waals surface area contributed by atoms with E-state index in [9.17, 15) is 13.2 Å². The van der Waals surface area contributed by atoms with E-state index in [0.29, 0.717) is 22.2 Å². The summed E-state index contributed by atoms with van der Waals surface area (Å²) in [5.74, 6) is 0.773. The van der Waals surface area contributed by atoms with Crippen LogP contribution in [0.2, 0.25) is 5.02 Å². The maximum Gasteiger partial charge on any atom is 0.261 e. The van der Waals surface area contributed by atoms with E-state index in [1.165, 1.54) is 37.5 Å². The smallest absolute Gasteiger partial charge is 0.261 e. The number of carbonyl (C=O) groups is 1. The summed E-state index contributed by atoms with van der Waals surface area (Å²) in [6, 6.07) is 17.6. The number of ether oxygens (including phenoxy) is 2. The third-order valence-corrected chi connectivity index (χ3v) is 6.10. The van der Waals surface area contributed by atoms with Crippen LogP contribution in [0.3, 0.4) is 0 Å². The molecule has 0 heterocycles. The van der Waals surface area contributed by atoms with Gasteiger partial charge in [-0.3, -0.25) is 9.52 Å². The van der Waals surface area contributed by atoms with Crippen molar-refractivity contribution in [3.8, 4) is 11.5 Å². The molecule has 7 nitrogen and oxygen atoms in total. The molecule has 0 aliphatic carbocycles. The molecule has 0 fully saturated rings. The largest absolute Gasteiger partial charge is 0.493 e. The highest BCUT2D eigenvalue weighted by atomic mass is 35.5. The fourth-order valence-corrected chi connectivity index (χ4v) is 4.10. The summed E-state index contributed by atoms with van der Waals surface area (Å²) in [4.78, 5) is 12.3. The first-order valence-corrected chi connectivity index (χ1v) is 11.3. The van der Waals surface area contributed by atoms with Crippen molar-refractivity contribution in [2.45, 2.75) is 4.90 Å². The topological polar surface area (TPSA) is 93.7 Å². The molecule has 0 spiro atoms. The Morgan fingerprint density at radius 3 is 2.28 bits per heavy atom. The highest BCUT2D eigenvalue weighted by molar-refractivity contribution is 7.92. The number of halogens is 1. The number of sulfonamides is 1. The van der Waals surface area contributed by atoms with Crippen LogP contribution in [0.1, 0.15) is 5.56 Å². The highest BCUT2D eigenvalue weighted by Crippen LogP contribution is 2.28. The molecule has 9 heteroatoms. The molecular formula is C23H21ClN2O5S. The lowest BCUT2D eigenvalue weighted by Crippen LogP contribution is -2.13. The van der Waals surface area contributed by atoms with Crippen LogP contribution in [0.25, 0.3) is 6.08 Å². The van der Waals surface area contributed by atoms with Crippen LogP contribution in [0.5, 0.6) is 11.5 Å². The number of para-hydroxylation sites is 1. The van der Waals surface area contributed by atoms with Gasteiger partial charge in [-0.05, 0) is 60.2 Å². The van der Waals surface area contributed by atoms with Gasteiger partial charge in [-0.25, -0.2) is 8.42 Å². The summed E-state index contributed by atoms with van der Waals surface area (Å²) in [6.45, 7) is 0. The summed E-state index contributed by atoms with van der Waals surface area (Å²) in [7, 11) is -0.744. The van der Waals surface area contributed by atoms with E-state index in [4.69, 9.17) is 21.1 Å². The summed E-state index contributed by atoms with van der Waals surface area (Å²) in [6.07, 6.45) is 2.99. The second kappa shape index (κ2) is 10.2. The number of nitrogens with one attached hydrogen (secondary N) is 2. The van der Waals surface area contributed by atoms with Gasteiger partial charge < -0.3 is 14.8 Å². The standard InChI is InChI=1S/C23H21ClN2O5S/c1-30-21-13-7-16(15-22(21)31-2)8-14-23(27)25-17-9-11-18(12-10-17)32(28,29)26-20-6-4-3-5-19(20)24/h3-15,26H,1-2H3,(H,25,27). The zero-order chi connectivity index (χ0) is 23.1. The molecule has 0 aromatic heterocycles. The molecule has 0 aliphatic heterocycles. The summed E-state index contributed by atoms with van der Waals surface area (Å²) < 4.78 is 38.0. The maximum absolute atomic E-state index is 12.6. The van der Waals surface area contributed by atoms with Gasteiger partial charge in [-0.15, -0.1) is 0 Å². The lowest BCUT2D eigenvalue weighted by molar-refractivity contribution is -0.111. The van der Waals surface area contributed by atoms with Crippen LogP contribution in [0.15, 0.2) is 77.7 Å². The average Bonchev–Trinajstić information content (AvgIpc) is 2.79. The van der Waals surface area contributed by atoms with Gasteiger partial charge in [0.2, 0.25) is 5.91 Å². The van der Waals surface area contributed by atoms with Gasteiger partial charge in [0.05, 0.1) is 29.8 Å². The molecule has 32 heavy (non-hydrogen) atoms. The average molecular weight is 473 g/mol. The van der Waals surface area contributed by atoms with Gasteiger partial charge >= 0.3 is 0 Å². The normalized spacial score (nSPS) is 11.2. The lowest BCUT2D eigenvalue weighted by atomic mass is 10.2. The molecule has 0 saturated heterocycles. The molecule has 0 radical (unpaired) electrons. The number of rotatable bonds is 8. The number of carbonyl (C=O) groups excluding carboxylic acids is 1. The number of anilines is 2. The van der Waals surface area contributed by atoms with Gasteiger partial charge in [0.15, 0.2) is 11.5 Å². The molecule has 0 saturated carbocycles. The Bertz CT molecular complexity index is 1240. The highest BCUT2D eigenvalue weighted by Gasteiger charge is 2.15. The second-order valence-electron chi connectivity index (χ2n) is 6.55. The van der Waals surface area contributed by atoms with E-state index in [-0.39, 0.29) is 16.5 Å². The van der Waals surface area contributed by atoms with Crippen LogP contribution in [-0.2, 0) is 14.8 Å². The third kappa shape index (κ3) is 5.81. The molecule has 3 rings (SSSR count). The first-order valence-electron chi connectivity index (χ1n) is 9.41. The lowest BCUT2D eigenvalue weighted by Gasteiger charge is -2.10. The fraction of sp³-hybridized carbons (Fsp3) is 0.0870. The molecular weight excluding hydrogens is 452 g/mol.